The van der Waals surface area contributed by atoms with Crippen molar-refractivity contribution in [3.8, 4) is 0 Å². The van der Waals surface area contributed by atoms with Gasteiger partial charge in [0, 0.05) is 24.9 Å². The molecule has 2 aromatic carbocycles. The van der Waals surface area contributed by atoms with E-state index >= 15 is 0 Å². The van der Waals surface area contributed by atoms with E-state index in [4.69, 9.17) is 4.74 Å². The van der Waals surface area contributed by atoms with Gasteiger partial charge >= 0.3 is 6.18 Å². The number of sulfonamides is 1. The van der Waals surface area contributed by atoms with Crippen molar-refractivity contribution in [1.29, 1.82) is 0 Å². The van der Waals surface area contributed by atoms with Gasteiger partial charge in [-0.3, -0.25) is 4.79 Å². The zero-order chi connectivity index (χ0) is 22.6. The van der Waals surface area contributed by atoms with Crippen LogP contribution in [0.3, 0.4) is 0 Å². The third kappa shape index (κ3) is 5.72. The molecule has 1 saturated heterocycles. The van der Waals surface area contributed by atoms with Crippen molar-refractivity contribution in [1.82, 2.24) is 4.31 Å². The molecule has 0 bridgehead atoms. The first kappa shape index (κ1) is 23.0. The van der Waals surface area contributed by atoms with E-state index in [0.717, 1.165) is 12.1 Å². The van der Waals surface area contributed by atoms with Gasteiger partial charge in [0.15, 0.2) is 0 Å². The highest BCUT2D eigenvalue weighted by molar-refractivity contribution is 7.89. The molecule has 0 aromatic heterocycles. The predicted octanol–water partition coefficient (Wildman–Crippen LogP) is 3.69. The summed E-state index contributed by atoms with van der Waals surface area (Å²) >= 11 is 0. The minimum absolute atomic E-state index is 0.0962. The van der Waals surface area contributed by atoms with E-state index in [1.165, 1.54) is 34.7 Å². The van der Waals surface area contributed by atoms with Gasteiger partial charge in [0.05, 0.1) is 23.7 Å². The fraction of sp³-hybridized carbons (Fsp3) is 0.286. The monoisotopic (exact) mass is 454 g/mol. The Bertz CT molecular complexity index is 1070. The molecule has 1 fully saturated rings. The van der Waals surface area contributed by atoms with Crippen molar-refractivity contribution in [3.63, 3.8) is 0 Å². The van der Waals surface area contributed by atoms with Crippen molar-refractivity contribution in [3.05, 3.63) is 65.2 Å². The molecule has 166 valence electrons. The second kappa shape index (κ2) is 9.21. The van der Waals surface area contributed by atoms with Crippen molar-refractivity contribution >= 4 is 27.7 Å². The first-order valence-corrected chi connectivity index (χ1v) is 10.9. The average molecular weight is 454 g/mol. The van der Waals surface area contributed by atoms with Gasteiger partial charge in [-0.2, -0.15) is 17.5 Å². The van der Waals surface area contributed by atoms with Crippen LogP contribution in [0.1, 0.15) is 16.7 Å². The summed E-state index contributed by atoms with van der Waals surface area (Å²) in [5.41, 5.74) is 0.481. The molecule has 31 heavy (non-hydrogen) atoms. The number of carbonyl (C=O) groups excluding carboxylic acids is 1. The minimum atomic E-state index is -4.43. The van der Waals surface area contributed by atoms with Crippen LogP contribution < -0.4 is 5.32 Å². The minimum Gasteiger partial charge on any atom is -0.379 e. The Balaban J connectivity index is 1.72. The van der Waals surface area contributed by atoms with Crippen molar-refractivity contribution < 1.29 is 31.1 Å². The number of hydrogen-bond acceptors (Lipinski definition) is 4. The maximum absolute atomic E-state index is 12.9. The Morgan fingerprint density at radius 2 is 1.74 bits per heavy atom. The lowest BCUT2D eigenvalue weighted by atomic mass is 10.1. The van der Waals surface area contributed by atoms with Crippen LogP contribution in [0.2, 0.25) is 0 Å². The van der Waals surface area contributed by atoms with Gasteiger partial charge < -0.3 is 10.1 Å². The van der Waals surface area contributed by atoms with E-state index in [1.807, 2.05) is 0 Å². The number of carbonyl (C=O) groups is 1. The first-order chi connectivity index (χ1) is 14.6. The zero-order valence-electron chi connectivity index (χ0n) is 16.6. The van der Waals surface area contributed by atoms with Gasteiger partial charge in [0.2, 0.25) is 15.9 Å². The van der Waals surface area contributed by atoms with Crippen LogP contribution in [0.4, 0.5) is 18.9 Å². The van der Waals surface area contributed by atoms with Crippen LogP contribution in [0.15, 0.2) is 53.4 Å². The van der Waals surface area contributed by atoms with Crippen LogP contribution in [-0.4, -0.2) is 44.9 Å². The maximum Gasteiger partial charge on any atom is 0.416 e. The second-order valence-electron chi connectivity index (χ2n) is 6.94. The number of hydrogen-bond donors (Lipinski definition) is 1. The van der Waals surface area contributed by atoms with E-state index in [9.17, 15) is 26.4 Å². The van der Waals surface area contributed by atoms with E-state index in [2.05, 4.69) is 5.32 Å². The molecule has 0 unspecified atom stereocenters. The van der Waals surface area contributed by atoms with Gasteiger partial charge in [-0.15, -0.1) is 0 Å². The first-order valence-electron chi connectivity index (χ1n) is 9.42. The molecule has 1 amide bonds. The predicted molar refractivity (Wildman–Crippen MR) is 110 cm³/mol. The number of nitrogens with one attached hydrogen (secondary N) is 1. The number of ether oxygens (including phenoxy) is 1. The van der Waals surface area contributed by atoms with Gasteiger partial charge in [-0.1, -0.05) is 18.2 Å². The molecule has 1 heterocycles. The Hall–Kier alpha value is -2.69. The number of benzene rings is 2. The van der Waals surface area contributed by atoms with Crippen LogP contribution in [0.5, 0.6) is 0 Å². The standard InChI is InChI=1S/C21H21F3N2O4S/c1-15-2-8-18(14-19(15)31(28,29)26-10-12-30-13-11-26)25-20(27)9-5-16-3-6-17(7-4-16)21(22,23)24/h2-9,14H,10-13H2,1H3,(H,25,27)/b9-5+. The molecule has 0 spiro atoms. The topological polar surface area (TPSA) is 75.7 Å². The van der Waals surface area contributed by atoms with Gasteiger partial charge in [-0.25, -0.2) is 8.42 Å². The Labute approximate surface area is 178 Å². The fourth-order valence-corrected chi connectivity index (χ4v) is 4.68. The number of nitrogens with zero attached hydrogens (tertiary/aromatic N) is 1. The Morgan fingerprint density at radius 3 is 2.35 bits per heavy atom. The smallest absolute Gasteiger partial charge is 0.379 e. The quantitative estimate of drug-likeness (QED) is 0.700. The molecular formula is C21H21F3N2O4S. The third-order valence-electron chi connectivity index (χ3n) is 4.71. The highest BCUT2D eigenvalue weighted by Crippen LogP contribution is 2.29. The van der Waals surface area contributed by atoms with Gasteiger partial charge in [0.1, 0.15) is 0 Å². The molecule has 10 heteroatoms. The zero-order valence-corrected chi connectivity index (χ0v) is 17.5. The van der Waals surface area contributed by atoms with E-state index in [0.29, 0.717) is 30.0 Å². The molecule has 0 atom stereocenters. The largest absolute Gasteiger partial charge is 0.416 e. The van der Waals surface area contributed by atoms with Crippen molar-refractivity contribution in [2.24, 2.45) is 0 Å². The van der Waals surface area contributed by atoms with Crippen molar-refractivity contribution in [2.45, 2.75) is 18.0 Å². The van der Waals surface area contributed by atoms with Crippen molar-refractivity contribution in [2.75, 3.05) is 31.6 Å². The molecule has 0 saturated carbocycles. The number of amides is 1. The van der Waals surface area contributed by atoms with Crippen LogP contribution in [-0.2, 0) is 25.7 Å². The van der Waals surface area contributed by atoms with Crippen LogP contribution >= 0.6 is 0 Å². The summed E-state index contributed by atoms with van der Waals surface area (Å²) in [7, 11) is -3.73. The summed E-state index contributed by atoms with van der Waals surface area (Å²) in [6, 6.07) is 8.95. The molecular weight excluding hydrogens is 433 g/mol. The lowest BCUT2D eigenvalue weighted by Crippen LogP contribution is -2.40. The molecule has 1 N–H and O–H groups in total. The van der Waals surface area contributed by atoms with Gasteiger partial charge in [0.25, 0.3) is 0 Å². The van der Waals surface area contributed by atoms with E-state index in [-0.39, 0.29) is 18.0 Å². The third-order valence-corrected chi connectivity index (χ3v) is 6.75. The Morgan fingerprint density at radius 1 is 1.10 bits per heavy atom. The SMILES string of the molecule is Cc1ccc(NC(=O)/C=C/c2ccc(C(F)(F)F)cc2)cc1S(=O)(=O)N1CCOCC1. The highest BCUT2D eigenvalue weighted by Gasteiger charge is 2.30. The number of rotatable bonds is 5. The number of morpholine rings is 1. The molecule has 0 radical (unpaired) electrons. The summed E-state index contributed by atoms with van der Waals surface area (Å²) < 4.78 is 70.2. The molecule has 6 nitrogen and oxygen atoms in total. The number of anilines is 1. The number of alkyl halides is 3. The second-order valence-corrected chi connectivity index (χ2v) is 8.85. The normalized spacial score (nSPS) is 15.9. The Kier molecular flexibility index (Phi) is 6.83. The summed E-state index contributed by atoms with van der Waals surface area (Å²) in [5.74, 6) is -0.543. The highest BCUT2D eigenvalue weighted by atomic mass is 32.2. The van der Waals surface area contributed by atoms with Crippen LogP contribution in [0.25, 0.3) is 6.08 Å². The van der Waals surface area contributed by atoms with Gasteiger partial charge in [-0.05, 0) is 48.4 Å². The molecule has 0 aliphatic carbocycles. The maximum atomic E-state index is 12.9. The number of halogens is 3. The molecule has 2 aromatic rings. The van der Waals surface area contributed by atoms with E-state index in [1.54, 1.807) is 19.1 Å². The summed E-state index contributed by atoms with van der Waals surface area (Å²) in [4.78, 5) is 12.3. The van der Waals surface area contributed by atoms with Crippen LogP contribution in [0, 0.1) is 6.92 Å². The molecule has 1 aliphatic rings. The summed E-state index contributed by atoms with van der Waals surface area (Å²) in [6.07, 6.45) is -1.89. The molecule has 1 aliphatic heterocycles. The fourth-order valence-electron chi connectivity index (χ4n) is 3.02. The summed E-state index contributed by atoms with van der Waals surface area (Å²) in [5, 5.41) is 2.58. The number of aryl methyl sites for hydroxylation is 1. The summed E-state index contributed by atoms with van der Waals surface area (Å²) in [6.45, 7) is 2.83. The molecule has 3 rings (SSSR count). The average Bonchev–Trinajstić information content (AvgIpc) is 2.74. The lowest BCUT2D eigenvalue weighted by molar-refractivity contribution is -0.137. The lowest BCUT2D eigenvalue weighted by Gasteiger charge is -2.26. The van der Waals surface area contributed by atoms with E-state index < -0.39 is 27.7 Å².